The Kier molecular flexibility index (Phi) is 5.35. The number of ether oxygens (including phenoxy) is 1. The SMILES string of the molecule is Cc1ccc(C(=O)C(C)OC(=O)c2ccc(-c3ccc([N+](=O)[O-])cc3)o2)cc1. The zero-order chi connectivity index (χ0) is 20.3. The Hall–Kier alpha value is -3.74. The lowest BCUT2D eigenvalue weighted by atomic mass is 10.1. The fraction of sp³-hybridized carbons (Fsp3) is 0.143. The molecule has 7 nitrogen and oxygen atoms in total. The molecule has 0 radical (unpaired) electrons. The molecule has 0 spiro atoms. The number of ketones is 1. The highest BCUT2D eigenvalue weighted by Crippen LogP contribution is 2.25. The van der Waals surface area contributed by atoms with Gasteiger partial charge in [-0.15, -0.1) is 0 Å². The second-order valence-electron chi connectivity index (χ2n) is 6.25. The molecule has 3 rings (SSSR count). The van der Waals surface area contributed by atoms with E-state index in [1.54, 1.807) is 18.2 Å². The van der Waals surface area contributed by atoms with E-state index in [4.69, 9.17) is 9.15 Å². The molecule has 7 heteroatoms. The first-order valence-electron chi connectivity index (χ1n) is 8.51. The van der Waals surface area contributed by atoms with Gasteiger partial charge in [-0.3, -0.25) is 14.9 Å². The fourth-order valence-corrected chi connectivity index (χ4v) is 2.57. The van der Waals surface area contributed by atoms with E-state index in [-0.39, 0.29) is 17.2 Å². The molecule has 3 aromatic rings. The molecule has 0 saturated carbocycles. The van der Waals surface area contributed by atoms with Crippen molar-refractivity contribution in [3.05, 3.63) is 87.7 Å². The highest BCUT2D eigenvalue weighted by Gasteiger charge is 2.22. The van der Waals surface area contributed by atoms with Gasteiger partial charge in [0.1, 0.15) is 5.76 Å². The Morgan fingerprint density at radius 1 is 1.00 bits per heavy atom. The van der Waals surface area contributed by atoms with Gasteiger partial charge in [-0.1, -0.05) is 29.8 Å². The minimum atomic E-state index is -0.969. The number of furan rings is 1. The van der Waals surface area contributed by atoms with Gasteiger partial charge in [0.15, 0.2) is 6.10 Å². The molecule has 1 heterocycles. The Morgan fingerprint density at radius 3 is 2.25 bits per heavy atom. The van der Waals surface area contributed by atoms with E-state index in [2.05, 4.69) is 0 Å². The number of carbonyl (C=O) groups excluding carboxylic acids is 2. The van der Waals surface area contributed by atoms with E-state index in [9.17, 15) is 19.7 Å². The number of non-ortho nitro benzene ring substituents is 1. The van der Waals surface area contributed by atoms with Gasteiger partial charge in [-0.2, -0.15) is 0 Å². The summed E-state index contributed by atoms with van der Waals surface area (Å²) in [5.41, 5.74) is 2.01. The van der Waals surface area contributed by atoms with E-state index >= 15 is 0 Å². The molecular formula is C21H17NO6. The van der Waals surface area contributed by atoms with Crippen molar-refractivity contribution in [3.8, 4) is 11.3 Å². The highest BCUT2D eigenvalue weighted by molar-refractivity contribution is 6.01. The van der Waals surface area contributed by atoms with Crippen molar-refractivity contribution in [2.45, 2.75) is 20.0 Å². The van der Waals surface area contributed by atoms with Gasteiger partial charge >= 0.3 is 5.97 Å². The molecule has 2 aromatic carbocycles. The summed E-state index contributed by atoms with van der Waals surface area (Å²) < 4.78 is 10.7. The number of hydrogen-bond acceptors (Lipinski definition) is 6. The third kappa shape index (κ3) is 4.15. The van der Waals surface area contributed by atoms with E-state index in [1.807, 2.05) is 19.1 Å². The topological polar surface area (TPSA) is 99.7 Å². The highest BCUT2D eigenvalue weighted by atomic mass is 16.6. The molecule has 142 valence electrons. The van der Waals surface area contributed by atoms with Crippen LogP contribution in [0, 0.1) is 17.0 Å². The Morgan fingerprint density at radius 2 is 1.64 bits per heavy atom. The van der Waals surface area contributed by atoms with Gasteiger partial charge in [-0.05, 0) is 38.1 Å². The van der Waals surface area contributed by atoms with Crippen LogP contribution in [0.3, 0.4) is 0 Å². The van der Waals surface area contributed by atoms with Crippen molar-refractivity contribution in [2.24, 2.45) is 0 Å². The molecule has 0 N–H and O–H groups in total. The summed E-state index contributed by atoms with van der Waals surface area (Å²) in [7, 11) is 0. The molecule has 0 bridgehead atoms. The third-order valence-corrected chi connectivity index (χ3v) is 4.16. The molecule has 1 unspecified atom stereocenters. The summed E-state index contributed by atoms with van der Waals surface area (Å²) >= 11 is 0. The molecular weight excluding hydrogens is 362 g/mol. The van der Waals surface area contributed by atoms with Gasteiger partial charge in [0.05, 0.1) is 4.92 Å². The number of Topliss-reactive ketones (excluding diaryl/α,β-unsaturated/α-hetero) is 1. The van der Waals surface area contributed by atoms with Crippen molar-refractivity contribution in [2.75, 3.05) is 0 Å². The van der Waals surface area contributed by atoms with Crippen LogP contribution < -0.4 is 0 Å². The third-order valence-electron chi connectivity index (χ3n) is 4.16. The van der Waals surface area contributed by atoms with E-state index in [1.165, 1.54) is 37.3 Å². The number of hydrogen-bond donors (Lipinski definition) is 0. The van der Waals surface area contributed by atoms with Crippen LogP contribution in [0.1, 0.15) is 33.4 Å². The lowest BCUT2D eigenvalue weighted by molar-refractivity contribution is -0.384. The maximum atomic E-state index is 12.4. The molecule has 0 aliphatic heterocycles. The number of nitrogens with zero attached hydrogens (tertiary/aromatic N) is 1. The van der Waals surface area contributed by atoms with Crippen molar-refractivity contribution in [1.29, 1.82) is 0 Å². The fourth-order valence-electron chi connectivity index (χ4n) is 2.57. The normalized spacial score (nSPS) is 11.6. The quantitative estimate of drug-likeness (QED) is 0.269. The number of nitro groups is 1. The van der Waals surface area contributed by atoms with Crippen LogP contribution in [0.5, 0.6) is 0 Å². The summed E-state index contributed by atoms with van der Waals surface area (Å²) in [6.07, 6.45) is -0.969. The smallest absolute Gasteiger partial charge is 0.374 e. The molecule has 0 fully saturated rings. The minimum Gasteiger partial charge on any atom is -0.449 e. The van der Waals surface area contributed by atoms with Crippen LogP contribution in [0.15, 0.2) is 65.1 Å². The minimum absolute atomic E-state index is 0.0432. The van der Waals surface area contributed by atoms with E-state index in [0.717, 1.165) is 5.56 Å². The number of carbonyl (C=O) groups is 2. The lowest BCUT2D eigenvalue weighted by Crippen LogP contribution is -2.24. The summed E-state index contributed by atoms with van der Waals surface area (Å²) in [6.45, 7) is 3.41. The number of nitro benzene ring substituents is 1. The molecule has 0 saturated heterocycles. The van der Waals surface area contributed by atoms with Crippen LogP contribution >= 0.6 is 0 Å². The summed E-state index contributed by atoms with van der Waals surface area (Å²) in [5.74, 6) is -0.770. The monoisotopic (exact) mass is 379 g/mol. The molecule has 0 aliphatic rings. The number of benzene rings is 2. The summed E-state index contributed by atoms with van der Waals surface area (Å²) in [5, 5.41) is 10.7. The van der Waals surface area contributed by atoms with Gasteiger partial charge in [0.2, 0.25) is 11.5 Å². The van der Waals surface area contributed by atoms with Crippen LogP contribution in [0.2, 0.25) is 0 Å². The largest absolute Gasteiger partial charge is 0.449 e. The van der Waals surface area contributed by atoms with Crippen LogP contribution in [0.4, 0.5) is 5.69 Å². The van der Waals surface area contributed by atoms with Crippen molar-refractivity contribution in [3.63, 3.8) is 0 Å². The predicted octanol–water partition coefficient (Wildman–Crippen LogP) is 4.59. The maximum absolute atomic E-state index is 12.4. The first-order valence-corrected chi connectivity index (χ1v) is 8.51. The zero-order valence-electron chi connectivity index (χ0n) is 15.2. The van der Waals surface area contributed by atoms with Gasteiger partial charge < -0.3 is 9.15 Å². The average Bonchev–Trinajstić information content (AvgIpc) is 3.18. The predicted molar refractivity (Wildman–Crippen MR) is 101 cm³/mol. The van der Waals surface area contributed by atoms with Crippen LogP contribution in [-0.2, 0) is 4.74 Å². The van der Waals surface area contributed by atoms with Crippen molar-refractivity contribution in [1.82, 2.24) is 0 Å². The Bertz CT molecular complexity index is 1020. The summed E-state index contributed by atoms with van der Waals surface area (Å²) in [6, 6.07) is 15.7. The molecule has 28 heavy (non-hydrogen) atoms. The Labute approximate surface area is 160 Å². The second kappa shape index (κ2) is 7.87. The lowest BCUT2D eigenvalue weighted by Gasteiger charge is -2.11. The summed E-state index contributed by atoms with van der Waals surface area (Å²) in [4.78, 5) is 34.9. The molecule has 1 aromatic heterocycles. The molecule has 0 aliphatic carbocycles. The molecule has 1 atom stereocenters. The van der Waals surface area contributed by atoms with E-state index in [0.29, 0.717) is 16.9 Å². The molecule has 0 amide bonds. The first-order chi connectivity index (χ1) is 13.3. The number of rotatable bonds is 6. The first kappa shape index (κ1) is 19.0. The van der Waals surface area contributed by atoms with Crippen LogP contribution in [0.25, 0.3) is 11.3 Å². The Balaban J connectivity index is 1.69. The van der Waals surface area contributed by atoms with E-state index < -0.39 is 17.0 Å². The number of esters is 1. The maximum Gasteiger partial charge on any atom is 0.374 e. The van der Waals surface area contributed by atoms with Crippen molar-refractivity contribution < 1.29 is 23.7 Å². The van der Waals surface area contributed by atoms with Gasteiger partial charge in [0, 0.05) is 23.3 Å². The van der Waals surface area contributed by atoms with Crippen molar-refractivity contribution >= 4 is 17.4 Å². The average molecular weight is 379 g/mol. The zero-order valence-corrected chi connectivity index (χ0v) is 15.2. The second-order valence-corrected chi connectivity index (χ2v) is 6.25. The van der Waals surface area contributed by atoms with Gasteiger partial charge in [0.25, 0.3) is 5.69 Å². The standard InChI is InChI=1S/C21H17NO6/c1-13-3-5-16(6-4-13)20(23)14(2)27-21(24)19-12-11-18(28-19)15-7-9-17(10-8-15)22(25)26/h3-12,14H,1-2H3. The van der Waals surface area contributed by atoms with Crippen LogP contribution in [-0.4, -0.2) is 22.8 Å². The van der Waals surface area contributed by atoms with Gasteiger partial charge in [-0.25, -0.2) is 4.79 Å². The number of aryl methyl sites for hydroxylation is 1.